The molecule has 1 atom stereocenters. The molecular weight excluding hydrogens is 266 g/mol. The predicted octanol–water partition coefficient (Wildman–Crippen LogP) is 1.12. The van der Waals surface area contributed by atoms with Crippen molar-refractivity contribution in [2.45, 2.75) is 20.3 Å². The van der Waals surface area contributed by atoms with Crippen LogP contribution in [0.1, 0.15) is 20.3 Å². The summed E-state index contributed by atoms with van der Waals surface area (Å²) in [6, 6.07) is 6.80. The Morgan fingerprint density at radius 1 is 1.37 bits per heavy atom. The molecule has 5 N–H and O–H groups in total. The minimum atomic E-state index is -3.76. The molecule has 6 nitrogen and oxygen atoms in total. The van der Waals surface area contributed by atoms with Crippen LogP contribution in [0.4, 0.5) is 11.4 Å². The topological polar surface area (TPSA) is 104 Å². The van der Waals surface area contributed by atoms with E-state index in [2.05, 4.69) is 10.0 Å². The van der Waals surface area contributed by atoms with E-state index in [9.17, 15) is 13.5 Å². The third kappa shape index (κ3) is 5.46. The highest BCUT2D eigenvalue weighted by Gasteiger charge is 2.20. The van der Waals surface area contributed by atoms with Crippen LogP contribution in [0.15, 0.2) is 24.3 Å². The first kappa shape index (κ1) is 15.7. The van der Waals surface area contributed by atoms with E-state index in [0.717, 1.165) is 12.1 Å². The molecule has 0 aliphatic carbocycles. The summed E-state index contributed by atoms with van der Waals surface area (Å²) in [5, 5.41) is 17.4. The van der Waals surface area contributed by atoms with Gasteiger partial charge in [0.1, 0.15) is 0 Å². The first-order chi connectivity index (χ1) is 8.78. The zero-order chi connectivity index (χ0) is 14.5. The van der Waals surface area contributed by atoms with Gasteiger partial charge < -0.3 is 10.4 Å². The normalized spacial score (nSPS) is 14.7. The van der Waals surface area contributed by atoms with Crippen LogP contribution in [0.2, 0.25) is 0 Å². The standard InChI is InChI=1S/C12H21N3O3S/c1-3-12(2,9-16)8-14-10-5-4-6-11(7-10)15-19(13,17)18/h4-7,14-16H,3,8-9H2,1-2H3,(H2,13,17,18). The second kappa shape index (κ2) is 6.23. The highest BCUT2D eigenvalue weighted by molar-refractivity contribution is 7.90. The summed E-state index contributed by atoms with van der Waals surface area (Å²) in [5.41, 5.74) is 0.958. The smallest absolute Gasteiger partial charge is 0.296 e. The van der Waals surface area contributed by atoms with E-state index in [1.165, 1.54) is 0 Å². The number of rotatable bonds is 7. The second-order valence-corrected chi connectivity index (χ2v) is 6.20. The lowest BCUT2D eigenvalue weighted by molar-refractivity contribution is 0.149. The lowest BCUT2D eigenvalue weighted by atomic mass is 9.88. The van der Waals surface area contributed by atoms with Gasteiger partial charge in [-0.1, -0.05) is 19.9 Å². The predicted molar refractivity (Wildman–Crippen MR) is 77.1 cm³/mol. The van der Waals surface area contributed by atoms with Crippen molar-refractivity contribution < 1.29 is 13.5 Å². The van der Waals surface area contributed by atoms with Crippen LogP contribution in [0.25, 0.3) is 0 Å². The Morgan fingerprint density at radius 3 is 2.53 bits per heavy atom. The van der Waals surface area contributed by atoms with Crippen LogP contribution in [-0.4, -0.2) is 26.7 Å². The van der Waals surface area contributed by atoms with Gasteiger partial charge in [0.05, 0.1) is 12.3 Å². The Labute approximate surface area is 114 Å². The fourth-order valence-corrected chi connectivity index (χ4v) is 1.92. The number of hydrogen-bond acceptors (Lipinski definition) is 4. The highest BCUT2D eigenvalue weighted by atomic mass is 32.2. The van der Waals surface area contributed by atoms with Gasteiger partial charge in [0.2, 0.25) is 0 Å². The summed E-state index contributed by atoms with van der Waals surface area (Å²) in [5.74, 6) is 0. The quantitative estimate of drug-likeness (QED) is 0.603. The average Bonchev–Trinajstić information content (AvgIpc) is 2.34. The molecule has 0 aliphatic rings. The third-order valence-corrected chi connectivity index (χ3v) is 3.60. The van der Waals surface area contributed by atoms with Crippen molar-refractivity contribution in [3.63, 3.8) is 0 Å². The van der Waals surface area contributed by atoms with Crippen molar-refractivity contribution in [2.75, 3.05) is 23.2 Å². The Bertz CT molecular complexity index is 513. The van der Waals surface area contributed by atoms with Gasteiger partial charge in [-0.05, 0) is 24.6 Å². The molecule has 0 aliphatic heterocycles. The Kier molecular flexibility index (Phi) is 5.16. The van der Waals surface area contributed by atoms with Gasteiger partial charge in [0, 0.05) is 17.6 Å². The van der Waals surface area contributed by atoms with Gasteiger partial charge in [-0.3, -0.25) is 4.72 Å². The molecule has 0 bridgehead atoms. The summed E-state index contributed by atoms with van der Waals surface area (Å²) in [6.07, 6.45) is 0.839. The Balaban J connectivity index is 2.73. The number of nitrogens with two attached hydrogens (primary N) is 1. The molecule has 0 heterocycles. The molecule has 1 aromatic carbocycles. The maximum absolute atomic E-state index is 10.9. The molecule has 0 amide bonds. The van der Waals surface area contributed by atoms with Gasteiger partial charge in [-0.25, -0.2) is 5.14 Å². The van der Waals surface area contributed by atoms with Gasteiger partial charge in [0.25, 0.3) is 10.2 Å². The van der Waals surface area contributed by atoms with Crippen molar-refractivity contribution >= 4 is 21.6 Å². The maximum atomic E-state index is 10.9. The van der Waals surface area contributed by atoms with E-state index >= 15 is 0 Å². The van der Waals surface area contributed by atoms with Crippen LogP contribution in [0.3, 0.4) is 0 Å². The number of benzene rings is 1. The number of aliphatic hydroxyl groups is 1. The Hall–Kier alpha value is -1.31. The lowest BCUT2D eigenvalue weighted by Crippen LogP contribution is -2.29. The minimum absolute atomic E-state index is 0.0889. The van der Waals surface area contributed by atoms with E-state index in [-0.39, 0.29) is 12.0 Å². The number of aliphatic hydroxyl groups excluding tert-OH is 1. The minimum Gasteiger partial charge on any atom is -0.396 e. The van der Waals surface area contributed by atoms with Crippen LogP contribution in [0, 0.1) is 5.41 Å². The molecule has 0 aromatic heterocycles. The number of hydrogen-bond donors (Lipinski definition) is 4. The van der Waals surface area contributed by atoms with Crippen molar-refractivity contribution in [1.29, 1.82) is 0 Å². The second-order valence-electron chi connectivity index (χ2n) is 4.90. The summed E-state index contributed by atoms with van der Waals surface area (Å²) in [6.45, 7) is 4.67. The first-order valence-electron chi connectivity index (χ1n) is 6.03. The van der Waals surface area contributed by atoms with Crippen molar-refractivity contribution in [3.8, 4) is 0 Å². The fraction of sp³-hybridized carbons (Fsp3) is 0.500. The zero-order valence-electron chi connectivity index (χ0n) is 11.2. The van der Waals surface area contributed by atoms with Crippen LogP contribution in [-0.2, 0) is 10.2 Å². The molecule has 0 saturated heterocycles. The molecule has 1 rings (SSSR count). The molecule has 7 heteroatoms. The summed E-state index contributed by atoms with van der Waals surface area (Å²) >= 11 is 0. The molecule has 108 valence electrons. The van der Waals surface area contributed by atoms with Crippen LogP contribution >= 0.6 is 0 Å². The molecule has 0 saturated carbocycles. The van der Waals surface area contributed by atoms with Crippen molar-refractivity contribution in [1.82, 2.24) is 0 Å². The highest BCUT2D eigenvalue weighted by Crippen LogP contribution is 2.22. The monoisotopic (exact) mass is 287 g/mol. The van der Waals surface area contributed by atoms with Crippen LogP contribution < -0.4 is 15.2 Å². The molecule has 0 fully saturated rings. The van der Waals surface area contributed by atoms with Crippen molar-refractivity contribution in [3.05, 3.63) is 24.3 Å². The third-order valence-electron chi connectivity index (χ3n) is 3.08. The number of anilines is 2. The van der Waals surface area contributed by atoms with E-state index in [4.69, 9.17) is 5.14 Å². The fourth-order valence-electron chi connectivity index (χ4n) is 1.47. The largest absolute Gasteiger partial charge is 0.396 e. The lowest BCUT2D eigenvalue weighted by Gasteiger charge is -2.26. The molecule has 0 radical (unpaired) electrons. The van der Waals surface area contributed by atoms with Gasteiger partial charge in [-0.2, -0.15) is 8.42 Å². The molecular formula is C12H21N3O3S. The molecule has 1 aromatic rings. The van der Waals surface area contributed by atoms with Crippen LogP contribution in [0.5, 0.6) is 0 Å². The maximum Gasteiger partial charge on any atom is 0.296 e. The van der Waals surface area contributed by atoms with Gasteiger partial charge in [0.15, 0.2) is 0 Å². The van der Waals surface area contributed by atoms with Gasteiger partial charge in [-0.15, -0.1) is 0 Å². The summed E-state index contributed by atoms with van der Waals surface area (Å²) in [7, 11) is -3.76. The molecule has 0 spiro atoms. The van der Waals surface area contributed by atoms with Gasteiger partial charge >= 0.3 is 0 Å². The SMILES string of the molecule is CCC(C)(CO)CNc1cccc(NS(N)(=O)=O)c1. The Morgan fingerprint density at radius 2 is 2.00 bits per heavy atom. The van der Waals surface area contributed by atoms with Crippen molar-refractivity contribution in [2.24, 2.45) is 10.6 Å². The van der Waals surface area contributed by atoms with E-state index in [1.807, 2.05) is 19.9 Å². The van der Waals surface area contributed by atoms with E-state index in [1.54, 1.807) is 18.2 Å². The summed E-state index contributed by atoms with van der Waals surface area (Å²) in [4.78, 5) is 0. The summed E-state index contributed by atoms with van der Waals surface area (Å²) < 4.78 is 24.1. The zero-order valence-corrected chi connectivity index (χ0v) is 12.0. The molecule has 1 unspecified atom stereocenters. The molecule has 19 heavy (non-hydrogen) atoms. The number of nitrogens with one attached hydrogen (secondary N) is 2. The first-order valence-corrected chi connectivity index (χ1v) is 7.58. The van der Waals surface area contributed by atoms with E-state index < -0.39 is 10.2 Å². The van der Waals surface area contributed by atoms with E-state index in [0.29, 0.717) is 12.2 Å². The average molecular weight is 287 g/mol.